The minimum absolute atomic E-state index is 0.335. The van der Waals surface area contributed by atoms with Gasteiger partial charge in [0.1, 0.15) is 10.6 Å². The molecule has 0 N–H and O–H groups in total. The Morgan fingerprint density at radius 3 is 2.82 bits per heavy atom. The molecule has 0 unspecified atom stereocenters. The van der Waals surface area contributed by atoms with Gasteiger partial charge in [0, 0.05) is 18.5 Å². The van der Waals surface area contributed by atoms with Gasteiger partial charge in [0.05, 0.1) is 5.39 Å². The van der Waals surface area contributed by atoms with Crippen molar-refractivity contribution >= 4 is 39.0 Å². The lowest BCUT2D eigenvalue weighted by Gasteiger charge is -2.19. The number of nitrogens with zero attached hydrogens (tertiary/aromatic N) is 3. The van der Waals surface area contributed by atoms with Crippen molar-refractivity contribution in [3.63, 3.8) is 0 Å². The summed E-state index contributed by atoms with van der Waals surface area (Å²) in [5.74, 6) is 0.957. The number of anilines is 1. The van der Waals surface area contributed by atoms with Crippen molar-refractivity contribution in [2.75, 3.05) is 11.9 Å². The molecule has 22 heavy (non-hydrogen) atoms. The Kier molecular flexibility index (Phi) is 3.51. The highest BCUT2D eigenvalue weighted by Gasteiger charge is 2.23. The minimum atomic E-state index is 0.335. The predicted molar refractivity (Wildman–Crippen MR) is 93.0 cm³/mol. The van der Waals surface area contributed by atoms with Crippen molar-refractivity contribution in [3.8, 4) is 0 Å². The molecule has 0 aliphatic heterocycles. The molecule has 4 rings (SSSR count). The van der Waals surface area contributed by atoms with E-state index in [0.29, 0.717) is 5.28 Å². The Morgan fingerprint density at radius 2 is 2.00 bits per heavy atom. The first kappa shape index (κ1) is 14.0. The molecule has 2 heterocycles. The molecule has 3 nitrogen and oxygen atoms in total. The van der Waals surface area contributed by atoms with E-state index in [1.165, 1.54) is 27.8 Å². The summed E-state index contributed by atoms with van der Waals surface area (Å²) in [7, 11) is 2.07. The zero-order chi connectivity index (χ0) is 15.1. The number of halogens is 1. The van der Waals surface area contributed by atoms with Crippen LogP contribution in [0.15, 0.2) is 30.3 Å². The molecule has 0 saturated carbocycles. The van der Waals surface area contributed by atoms with Crippen LogP contribution in [0.2, 0.25) is 5.28 Å². The molecular weight excluding hydrogens is 314 g/mol. The summed E-state index contributed by atoms with van der Waals surface area (Å²) in [5.41, 5.74) is 2.70. The first-order chi connectivity index (χ1) is 10.7. The molecule has 1 aliphatic rings. The lowest BCUT2D eigenvalue weighted by atomic mass is 10.1. The van der Waals surface area contributed by atoms with Gasteiger partial charge in [0.2, 0.25) is 5.28 Å². The number of aromatic nitrogens is 2. The Labute approximate surface area is 138 Å². The van der Waals surface area contributed by atoms with Crippen molar-refractivity contribution in [2.45, 2.75) is 25.8 Å². The SMILES string of the molecule is CN(Cc1ccccc1)c1nc(Cl)nc2sc3c(c12)CCC3. The van der Waals surface area contributed by atoms with E-state index in [0.717, 1.165) is 30.0 Å². The van der Waals surface area contributed by atoms with E-state index in [9.17, 15) is 0 Å². The van der Waals surface area contributed by atoms with E-state index in [2.05, 4.69) is 46.2 Å². The van der Waals surface area contributed by atoms with Crippen LogP contribution in [0, 0.1) is 0 Å². The number of benzene rings is 1. The van der Waals surface area contributed by atoms with Crippen LogP contribution >= 0.6 is 22.9 Å². The van der Waals surface area contributed by atoms with Gasteiger partial charge in [-0.15, -0.1) is 11.3 Å². The second kappa shape index (κ2) is 5.52. The van der Waals surface area contributed by atoms with Crippen molar-refractivity contribution in [3.05, 3.63) is 51.6 Å². The molecule has 0 saturated heterocycles. The average molecular weight is 330 g/mol. The van der Waals surface area contributed by atoms with E-state index >= 15 is 0 Å². The van der Waals surface area contributed by atoms with Crippen molar-refractivity contribution in [1.29, 1.82) is 0 Å². The predicted octanol–water partition coefficient (Wildman–Crippen LogP) is 4.47. The van der Waals surface area contributed by atoms with Crippen LogP contribution in [-0.2, 0) is 19.4 Å². The van der Waals surface area contributed by atoms with E-state index in [-0.39, 0.29) is 0 Å². The van der Waals surface area contributed by atoms with Crippen LogP contribution in [0.4, 0.5) is 5.82 Å². The number of hydrogen-bond acceptors (Lipinski definition) is 4. The number of fused-ring (bicyclic) bond motifs is 3. The fraction of sp³-hybridized carbons (Fsp3) is 0.294. The quantitative estimate of drug-likeness (QED) is 0.664. The van der Waals surface area contributed by atoms with Crippen molar-refractivity contribution < 1.29 is 0 Å². The third kappa shape index (κ3) is 2.36. The molecule has 3 aromatic rings. The Hall–Kier alpha value is -1.65. The average Bonchev–Trinajstić information content (AvgIpc) is 3.07. The van der Waals surface area contributed by atoms with E-state index in [1.807, 2.05) is 6.07 Å². The lowest BCUT2D eigenvalue weighted by Crippen LogP contribution is -2.18. The number of rotatable bonds is 3. The van der Waals surface area contributed by atoms with Gasteiger partial charge >= 0.3 is 0 Å². The molecule has 0 atom stereocenters. The zero-order valence-electron chi connectivity index (χ0n) is 12.3. The van der Waals surface area contributed by atoms with Crippen molar-refractivity contribution in [2.24, 2.45) is 0 Å². The highest BCUT2D eigenvalue weighted by Crippen LogP contribution is 2.41. The molecule has 1 aromatic carbocycles. The highest BCUT2D eigenvalue weighted by molar-refractivity contribution is 7.19. The summed E-state index contributed by atoms with van der Waals surface area (Å²) in [4.78, 5) is 13.6. The molecule has 0 amide bonds. The van der Waals surface area contributed by atoms with Crippen molar-refractivity contribution in [1.82, 2.24) is 9.97 Å². The summed E-state index contributed by atoms with van der Waals surface area (Å²) < 4.78 is 0. The molecular formula is C17H16ClN3S. The monoisotopic (exact) mass is 329 g/mol. The van der Waals surface area contributed by atoms with Gasteiger partial charge in [-0.05, 0) is 42.0 Å². The third-order valence-corrected chi connectivity index (χ3v) is 5.50. The molecule has 0 radical (unpaired) electrons. The van der Waals surface area contributed by atoms with Gasteiger partial charge in [-0.3, -0.25) is 0 Å². The maximum absolute atomic E-state index is 6.15. The van der Waals surface area contributed by atoms with Crippen LogP contribution in [0.1, 0.15) is 22.4 Å². The van der Waals surface area contributed by atoms with Gasteiger partial charge in [-0.1, -0.05) is 30.3 Å². The minimum Gasteiger partial charge on any atom is -0.355 e. The molecule has 2 aromatic heterocycles. The summed E-state index contributed by atoms with van der Waals surface area (Å²) in [5, 5.41) is 1.54. The van der Waals surface area contributed by atoms with E-state index in [4.69, 9.17) is 11.6 Å². The summed E-state index contributed by atoms with van der Waals surface area (Å²) in [6.45, 7) is 0.813. The second-order valence-electron chi connectivity index (χ2n) is 5.70. The fourth-order valence-corrected chi connectivity index (χ4v) is 4.63. The lowest BCUT2D eigenvalue weighted by molar-refractivity contribution is 0.895. The topological polar surface area (TPSA) is 29.0 Å². The van der Waals surface area contributed by atoms with Gasteiger partial charge < -0.3 is 4.90 Å². The van der Waals surface area contributed by atoms with E-state index in [1.54, 1.807) is 11.3 Å². The normalized spacial score (nSPS) is 13.5. The van der Waals surface area contributed by atoms with Crippen LogP contribution < -0.4 is 4.90 Å². The largest absolute Gasteiger partial charge is 0.355 e. The smallest absolute Gasteiger partial charge is 0.225 e. The van der Waals surface area contributed by atoms with Crippen LogP contribution in [-0.4, -0.2) is 17.0 Å². The van der Waals surface area contributed by atoms with E-state index < -0.39 is 0 Å². The standard InChI is InChI=1S/C17H16ClN3S/c1-21(10-11-6-3-2-4-7-11)15-14-12-8-5-9-13(12)22-16(14)20-17(18)19-15/h2-4,6-7H,5,8-10H2,1H3. The highest BCUT2D eigenvalue weighted by atomic mass is 35.5. The summed E-state index contributed by atoms with van der Waals surface area (Å²) >= 11 is 7.93. The van der Waals surface area contributed by atoms with Gasteiger partial charge in [0.15, 0.2) is 0 Å². The number of aryl methyl sites for hydroxylation is 2. The first-order valence-electron chi connectivity index (χ1n) is 7.45. The molecule has 0 spiro atoms. The third-order valence-electron chi connectivity index (χ3n) is 4.14. The summed E-state index contributed by atoms with van der Waals surface area (Å²) in [6.07, 6.45) is 3.53. The maximum atomic E-state index is 6.15. The molecule has 0 fully saturated rings. The number of hydrogen-bond donors (Lipinski definition) is 0. The van der Waals surface area contributed by atoms with Gasteiger partial charge in [0.25, 0.3) is 0 Å². The zero-order valence-corrected chi connectivity index (χ0v) is 13.9. The Balaban J connectivity index is 1.80. The Bertz CT molecular complexity index is 829. The molecule has 0 bridgehead atoms. The molecule has 1 aliphatic carbocycles. The maximum Gasteiger partial charge on any atom is 0.225 e. The van der Waals surface area contributed by atoms with Gasteiger partial charge in [-0.2, -0.15) is 4.98 Å². The van der Waals surface area contributed by atoms with Gasteiger partial charge in [-0.25, -0.2) is 4.98 Å². The molecule has 5 heteroatoms. The first-order valence-corrected chi connectivity index (χ1v) is 8.64. The molecule has 112 valence electrons. The van der Waals surface area contributed by atoms with Crippen LogP contribution in [0.5, 0.6) is 0 Å². The summed E-state index contributed by atoms with van der Waals surface area (Å²) in [6, 6.07) is 10.4. The number of thiophene rings is 1. The second-order valence-corrected chi connectivity index (χ2v) is 7.12. The fourth-order valence-electron chi connectivity index (χ4n) is 3.16. The van der Waals surface area contributed by atoms with Crippen LogP contribution in [0.3, 0.4) is 0 Å². The Morgan fingerprint density at radius 1 is 1.18 bits per heavy atom. The van der Waals surface area contributed by atoms with Crippen LogP contribution in [0.25, 0.3) is 10.2 Å².